The van der Waals surface area contributed by atoms with E-state index in [2.05, 4.69) is 29.8 Å². The highest BCUT2D eigenvalue weighted by Crippen LogP contribution is 2.19. The van der Waals surface area contributed by atoms with E-state index >= 15 is 0 Å². The van der Waals surface area contributed by atoms with Gasteiger partial charge in [-0.15, -0.1) is 0 Å². The van der Waals surface area contributed by atoms with E-state index in [1.807, 2.05) is 36.4 Å². The molecule has 1 aliphatic rings. The van der Waals surface area contributed by atoms with Gasteiger partial charge in [0, 0.05) is 44.0 Å². The van der Waals surface area contributed by atoms with E-state index in [9.17, 15) is 23.1 Å². The maximum Gasteiger partial charge on any atom is 0.323 e. The minimum atomic E-state index is -4.06. The van der Waals surface area contributed by atoms with Crippen molar-refractivity contribution in [1.82, 2.24) is 24.9 Å². The smallest absolute Gasteiger partial charge is 0.323 e. The first-order chi connectivity index (χ1) is 19.3. The number of nitrogens with one attached hydrogen (secondary N) is 3. The van der Waals surface area contributed by atoms with Crippen LogP contribution in [-0.4, -0.2) is 79.0 Å². The number of aromatic nitrogens is 2. The number of hydrogen-bond acceptors (Lipinski definition) is 7. The number of sulfonamides is 1. The highest BCUT2D eigenvalue weighted by atomic mass is 32.2. The van der Waals surface area contributed by atoms with E-state index in [-0.39, 0.29) is 4.90 Å². The molecule has 0 saturated carbocycles. The summed E-state index contributed by atoms with van der Waals surface area (Å²) in [5, 5.41) is 12.0. The largest absolute Gasteiger partial charge is 0.480 e. The minimum Gasteiger partial charge on any atom is -0.480 e. The van der Waals surface area contributed by atoms with Crippen LogP contribution in [0.4, 0.5) is 5.69 Å². The highest BCUT2D eigenvalue weighted by molar-refractivity contribution is 7.89. The Bertz CT molecular complexity index is 1550. The van der Waals surface area contributed by atoms with E-state index in [4.69, 9.17) is 0 Å². The molecular weight excluding hydrogens is 532 g/mol. The molecule has 5 rings (SSSR count). The van der Waals surface area contributed by atoms with Gasteiger partial charge in [-0.05, 0) is 48.5 Å². The number of H-pyrrole nitrogens is 1. The van der Waals surface area contributed by atoms with Crippen LogP contribution in [0.15, 0.2) is 83.8 Å². The van der Waals surface area contributed by atoms with Gasteiger partial charge in [-0.3, -0.25) is 14.5 Å². The third-order valence-electron chi connectivity index (χ3n) is 6.79. The van der Waals surface area contributed by atoms with Crippen LogP contribution in [0, 0.1) is 0 Å². The molecule has 2 heterocycles. The van der Waals surface area contributed by atoms with Crippen LogP contribution < -0.4 is 14.9 Å². The number of anilines is 1. The molecule has 0 radical (unpaired) electrons. The van der Waals surface area contributed by atoms with Crippen LogP contribution in [-0.2, 0) is 21.4 Å². The monoisotopic (exact) mass is 562 g/mol. The average molecular weight is 563 g/mol. The number of rotatable bonds is 10. The normalized spacial score (nSPS) is 15.2. The van der Waals surface area contributed by atoms with Gasteiger partial charge in [-0.2, -0.15) is 4.72 Å². The molecule has 4 N–H and O–H groups in total. The number of carbonyl (C=O) groups is 2. The predicted octanol–water partition coefficient (Wildman–Crippen LogP) is 2.05. The lowest BCUT2D eigenvalue weighted by Crippen LogP contribution is -2.48. The third kappa shape index (κ3) is 6.47. The molecule has 0 bridgehead atoms. The van der Waals surface area contributed by atoms with Gasteiger partial charge in [0.2, 0.25) is 10.0 Å². The Kier molecular flexibility index (Phi) is 8.10. The summed E-state index contributed by atoms with van der Waals surface area (Å²) in [5.74, 6) is -0.940. The Balaban J connectivity index is 1.12. The Morgan fingerprint density at radius 3 is 2.27 bits per heavy atom. The molecule has 1 fully saturated rings. The molecule has 1 amide bonds. The summed E-state index contributed by atoms with van der Waals surface area (Å²) in [7, 11) is -4.06. The molecular formula is C28H30N6O5S. The molecule has 1 atom stereocenters. The van der Waals surface area contributed by atoms with Crippen LogP contribution in [0.2, 0.25) is 0 Å². The molecule has 4 aromatic rings. The Morgan fingerprint density at radius 2 is 1.60 bits per heavy atom. The van der Waals surface area contributed by atoms with Gasteiger partial charge >= 0.3 is 5.97 Å². The number of carbonyl (C=O) groups excluding carboxylic acids is 1. The average Bonchev–Trinajstić information content (AvgIpc) is 3.38. The van der Waals surface area contributed by atoms with E-state index in [0.29, 0.717) is 5.56 Å². The van der Waals surface area contributed by atoms with Gasteiger partial charge in [-0.1, -0.05) is 30.3 Å². The Morgan fingerprint density at radius 1 is 0.925 bits per heavy atom. The number of fused-ring (bicyclic) bond motifs is 1. The molecule has 3 aromatic carbocycles. The number of para-hydroxylation sites is 2. The second kappa shape index (κ2) is 11.9. The van der Waals surface area contributed by atoms with Gasteiger partial charge in [0.05, 0.1) is 22.5 Å². The number of aromatic amines is 1. The van der Waals surface area contributed by atoms with Gasteiger partial charge in [0.1, 0.15) is 11.9 Å². The second-order valence-electron chi connectivity index (χ2n) is 9.55. The number of carboxylic acids is 1. The lowest BCUT2D eigenvalue weighted by atomic mass is 10.1. The standard InChI is InChI=1S/C28H30N6O5S/c35-27(29-18-25(28(36)37)32-40(38,39)22-6-2-1-3-7-22)20-10-12-21(13-11-20)34-16-14-33(15-17-34)19-26-30-23-8-4-5-9-24(23)31-26/h1-13,25,32H,14-19H2,(H,29,35)(H,30,31)(H,36,37)/t25-/m0/s1. The molecule has 0 spiro atoms. The van der Waals surface area contributed by atoms with E-state index in [1.54, 1.807) is 18.2 Å². The molecule has 1 aromatic heterocycles. The third-order valence-corrected chi connectivity index (χ3v) is 8.28. The number of aliphatic carboxylic acids is 1. The van der Waals surface area contributed by atoms with E-state index in [0.717, 1.165) is 55.3 Å². The molecule has 40 heavy (non-hydrogen) atoms. The maximum atomic E-state index is 12.7. The zero-order valence-corrected chi connectivity index (χ0v) is 22.5. The van der Waals surface area contributed by atoms with Gasteiger partial charge in [0.15, 0.2) is 0 Å². The summed E-state index contributed by atoms with van der Waals surface area (Å²) in [6, 6.07) is 21.0. The number of imidazole rings is 1. The maximum absolute atomic E-state index is 12.7. The van der Waals surface area contributed by atoms with Crippen LogP contribution in [0.3, 0.4) is 0 Å². The summed E-state index contributed by atoms with van der Waals surface area (Å²) in [6.45, 7) is 3.74. The summed E-state index contributed by atoms with van der Waals surface area (Å²) >= 11 is 0. The molecule has 208 valence electrons. The number of benzene rings is 3. The zero-order chi connectivity index (χ0) is 28.1. The van der Waals surface area contributed by atoms with Crippen LogP contribution >= 0.6 is 0 Å². The van der Waals surface area contributed by atoms with Crippen molar-refractivity contribution in [2.75, 3.05) is 37.6 Å². The number of carboxylic acid groups (broad SMARTS) is 1. The number of nitrogens with zero attached hydrogens (tertiary/aromatic N) is 3. The van der Waals surface area contributed by atoms with Crippen molar-refractivity contribution >= 4 is 38.6 Å². The minimum absolute atomic E-state index is 0.0569. The molecule has 0 aliphatic carbocycles. The highest BCUT2D eigenvalue weighted by Gasteiger charge is 2.26. The van der Waals surface area contributed by atoms with Gasteiger partial charge < -0.3 is 20.3 Å². The summed E-state index contributed by atoms with van der Waals surface area (Å²) in [5.41, 5.74) is 3.33. The van der Waals surface area contributed by atoms with Crippen molar-refractivity contribution in [3.63, 3.8) is 0 Å². The van der Waals surface area contributed by atoms with Crippen molar-refractivity contribution in [2.45, 2.75) is 17.5 Å². The van der Waals surface area contributed by atoms with E-state index in [1.165, 1.54) is 24.3 Å². The molecule has 11 nitrogen and oxygen atoms in total. The van der Waals surface area contributed by atoms with Crippen molar-refractivity contribution < 1.29 is 23.1 Å². The molecule has 1 saturated heterocycles. The fourth-order valence-electron chi connectivity index (χ4n) is 4.61. The lowest BCUT2D eigenvalue weighted by molar-refractivity contribution is -0.138. The summed E-state index contributed by atoms with van der Waals surface area (Å²) < 4.78 is 27.1. The molecule has 12 heteroatoms. The Hall–Kier alpha value is -4.26. The number of amides is 1. The SMILES string of the molecule is O=C(NC[C@H](NS(=O)(=O)c1ccccc1)C(=O)O)c1ccc(N2CCN(Cc3nc4ccccc4[nH]3)CC2)cc1. The van der Waals surface area contributed by atoms with Crippen LogP contribution in [0.5, 0.6) is 0 Å². The summed E-state index contributed by atoms with van der Waals surface area (Å²) in [6.07, 6.45) is 0. The number of piperazine rings is 1. The Labute approximate surface area is 231 Å². The fraction of sp³-hybridized carbons (Fsp3) is 0.250. The van der Waals surface area contributed by atoms with Crippen molar-refractivity contribution in [3.8, 4) is 0 Å². The van der Waals surface area contributed by atoms with Gasteiger partial charge in [0.25, 0.3) is 5.91 Å². The lowest BCUT2D eigenvalue weighted by Gasteiger charge is -2.35. The van der Waals surface area contributed by atoms with Crippen LogP contribution in [0.1, 0.15) is 16.2 Å². The first kappa shape index (κ1) is 27.3. The molecule has 0 unspecified atom stereocenters. The second-order valence-corrected chi connectivity index (χ2v) is 11.3. The summed E-state index contributed by atoms with van der Waals surface area (Å²) in [4.78, 5) is 36.9. The zero-order valence-electron chi connectivity index (χ0n) is 21.7. The first-order valence-electron chi connectivity index (χ1n) is 12.9. The number of hydrogen-bond donors (Lipinski definition) is 4. The van der Waals surface area contributed by atoms with E-state index < -0.39 is 34.5 Å². The first-order valence-corrected chi connectivity index (χ1v) is 14.4. The fourth-order valence-corrected chi connectivity index (χ4v) is 5.82. The van der Waals surface area contributed by atoms with Gasteiger partial charge in [-0.25, -0.2) is 13.4 Å². The quantitative estimate of drug-likeness (QED) is 0.230. The predicted molar refractivity (Wildman–Crippen MR) is 151 cm³/mol. The molecule has 1 aliphatic heterocycles. The topological polar surface area (TPSA) is 148 Å². The van der Waals surface area contributed by atoms with Crippen LogP contribution in [0.25, 0.3) is 11.0 Å². The van der Waals surface area contributed by atoms with Crippen molar-refractivity contribution in [2.24, 2.45) is 0 Å². The van der Waals surface area contributed by atoms with Crippen molar-refractivity contribution in [3.05, 3.63) is 90.3 Å². The van der Waals surface area contributed by atoms with Crippen molar-refractivity contribution in [1.29, 1.82) is 0 Å².